The summed E-state index contributed by atoms with van der Waals surface area (Å²) in [6.45, 7) is 18.5. The van der Waals surface area contributed by atoms with Gasteiger partial charge in [-0.15, -0.1) is 0 Å². The minimum absolute atomic E-state index is 0. The summed E-state index contributed by atoms with van der Waals surface area (Å²) < 4.78 is 63.8. The van der Waals surface area contributed by atoms with Crippen LogP contribution < -0.4 is 63.7 Å². The highest BCUT2D eigenvalue weighted by atomic mass is 16.6. The number of hydrogen-bond donors (Lipinski definition) is 16. The van der Waals surface area contributed by atoms with Gasteiger partial charge in [-0.2, -0.15) is 9.59 Å². The molecule has 6 aliphatic carbocycles. The van der Waals surface area contributed by atoms with E-state index >= 15 is 0 Å². The second-order valence-corrected chi connectivity index (χ2v) is 35.1. The number of hydrogen-bond acceptors (Lipinski definition) is 30. The van der Waals surface area contributed by atoms with Crippen LogP contribution in [0.3, 0.4) is 0 Å². The number of rotatable bonds is 40. The second kappa shape index (κ2) is 55.4. The van der Waals surface area contributed by atoms with Gasteiger partial charge in [-0.1, -0.05) is 33.4 Å². The fourth-order valence-electron chi connectivity index (χ4n) is 18.1. The average Bonchev–Trinajstić information content (AvgIpc) is 1.56. The van der Waals surface area contributed by atoms with Gasteiger partial charge < -0.3 is 142 Å². The number of methoxy groups -OCH3 is 3. The van der Waals surface area contributed by atoms with Gasteiger partial charge in [-0.05, 0) is 248 Å². The van der Waals surface area contributed by atoms with Crippen LogP contribution in [-0.2, 0) is 89.0 Å². The summed E-state index contributed by atoms with van der Waals surface area (Å²) in [4.78, 5) is 121. The van der Waals surface area contributed by atoms with Gasteiger partial charge in [0.1, 0.15) is 70.9 Å². The highest BCUT2D eigenvalue weighted by molar-refractivity contribution is 6.05. The molecule has 0 saturated heterocycles. The van der Waals surface area contributed by atoms with E-state index in [-0.39, 0.29) is 166 Å². The minimum Gasteiger partial charge on any atom is -0.508 e. The lowest BCUT2D eigenvalue weighted by Crippen LogP contribution is -2.45. The van der Waals surface area contributed by atoms with Gasteiger partial charge in [-0.3, -0.25) is 38.4 Å². The Morgan fingerprint density at radius 3 is 1.13 bits per heavy atom. The third kappa shape index (κ3) is 34.8. The summed E-state index contributed by atoms with van der Waals surface area (Å²) in [6.07, 6.45) is 14.0. The van der Waals surface area contributed by atoms with Crippen molar-refractivity contribution >= 4 is 76.6 Å². The molecule has 10 unspecified atom stereocenters. The first-order valence-electron chi connectivity index (χ1n) is 44.3. The molecular weight excluding hydrogens is 1750 g/mol. The Balaban J connectivity index is 0.000000319. The van der Waals surface area contributed by atoms with Crippen LogP contribution >= 0.6 is 0 Å². The van der Waals surface area contributed by atoms with Crippen LogP contribution in [-0.4, -0.2) is 252 Å². The van der Waals surface area contributed by atoms with Crippen molar-refractivity contribution < 1.29 is 145 Å². The number of carboxylic acids is 1. The van der Waals surface area contributed by atoms with Crippen molar-refractivity contribution in [1.29, 1.82) is 0 Å². The topological polar surface area (TPSA) is 604 Å². The van der Waals surface area contributed by atoms with E-state index in [9.17, 15) is 68.7 Å². The maximum absolute atomic E-state index is 12.4. The van der Waals surface area contributed by atoms with Gasteiger partial charge in [0.2, 0.25) is 23.6 Å². The lowest BCUT2D eigenvalue weighted by Gasteiger charge is -2.50. The predicted molar refractivity (Wildman–Crippen MR) is 492 cm³/mol. The molecule has 39 nitrogen and oxygen atoms in total. The number of carbonyl (C=O) groups excluding carboxylic acids is 10. The number of carboxylic acid groups (broad SMARTS) is 1. The number of nitrogens with one attached hydrogen (secondary N) is 5. The van der Waals surface area contributed by atoms with Crippen molar-refractivity contribution in [3.8, 4) is 46.0 Å². The number of anilines is 3. The van der Waals surface area contributed by atoms with Crippen LogP contribution in [0.5, 0.6) is 46.0 Å². The molecule has 8 amide bonds. The number of carbonyl (C=O) groups is 9. The normalized spacial score (nSPS) is 20.1. The molecule has 0 aliphatic heterocycles. The zero-order chi connectivity index (χ0) is 98.3. The number of phenols is 5. The quantitative estimate of drug-likeness (QED) is 0.0128. The molecule has 10 atom stereocenters. The molecule has 39 heteroatoms. The summed E-state index contributed by atoms with van der Waals surface area (Å²) in [7, 11) is 3.99. The average molecular weight is 1890 g/mol. The number of phenolic OH excluding ortho intramolecular Hbond substituents is 2. The SMILES string of the molecule is C.CC(C)(C)O.CC12CCC3c4ccc(O)cc4CCC3C1CCC2OCCC(=O)O.COc1ccc(NC(=O)COCCOCCN)c(O)c1C(N)=O.COc1ccc(NC(=O)COCCOCCNC(=O)CCOC2CCC3C4CCc5cc(O)ccc5C4CCC23C)c(O)c1C(N)=O.COc1ccc(NC(=O)COCCOCCNC(=O)OC(C)(C)C)c(O)c1C(N)=O.O=C=O. The Labute approximate surface area is 781 Å². The monoisotopic (exact) mass is 1890 g/mol. The molecular formula is C95H139N9O30. The number of nitrogens with two attached hydrogens (primary N) is 4. The predicted octanol–water partition coefficient (Wildman–Crippen LogP) is 8.99. The Bertz CT molecular complexity index is 4700. The maximum Gasteiger partial charge on any atom is 0.407 e. The van der Waals surface area contributed by atoms with Crippen LogP contribution in [0.1, 0.15) is 205 Å². The standard InChI is InChI=1S/C35H47N3O9.C21H28O4.C19H29N3O8.C14H21N3O6.C4H10O.CO2.CH4/c1-35-13-11-24-23-6-4-22(39)19-21(23)3-5-25(24)26(35)7-10-29(35)47-15-12-30(40)37-14-16-45-17-18-46-20-31(41)38-27-8-9-28(44-2)32(33(27)42)34(36)43;1-21-10-8-16-15-5-3-14(22)12-13(15)2-4-17(16)18(21)6-7-19(21)25-11-9-20(23)24;1-19(2,3)30-18(26)21-7-8-28-9-10-29-11-14(23)22-12-5-6-13(27-4)15(16(12)24)17(20)25;1-21-10-3-2-9(13(19)12(10)14(16)20)17-11(18)8-23-7-6-22-5-4-15;1-4(2,3)5;2-1-3;/h4,6,8-9,19,24-26,29,39,42H,3,5,7,10-18,20H2,1-2H3,(H2,36,43)(H,37,40)(H,38,41);3,5,12,16-19,22H,2,4,6-11H2,1H3,(H,23,24);5-6,24H,7-11H2,1-4H3,(H2,20,25)(H,21,26)(H,22,23);2-3,19H,4-8,15H2,1H3,(H2,16,20)(H,17,18);5H,1-3H3;;1H4. The van der Waals surface area contributed by atoms with Gasteiger partial charge in [0.25, 0.3) is 17.7 Å². The molecule has 5 aromatic rings. The molecule has 0 radical (unpaired) electrons. The number of primary amides is 3. The fourth-order valence-corrected chi connectivity index (χ4v) is 18.1. The number of fused-ring (bicyclic) bond motifs is 10. The van der Waals surface area contributed by atoms with E-state index in [1.165, 1.54) is 99.2 Å². The van der Waals surface area contributed by atoms with Crippen LogP contribution in [0.15, 0.2) is 72.8 Å². The van der Waals surface area contributed by atoms with Crippen molar-refractivity contribution in [3.63, 3.8) is 0 Å². The van der Waals surface area contributed by atoms with E-state index in [0.717, 1.165) is 57.8 Å². The molecule has 0 bridgehead atoms. The summed E-state index contributed by atoms with van der Waals surface area (Å²) in [5.41, 5.74) is 25.1. The van der Waals surface area contributed by atoms with Crippen LogP contribution in [0, 0.1) is 34.5 Å². The highest BCUT2D eigenvalue weighted by Crippen LogP contribution is 2.63. The molecule has 4 fully saturated rings. The van der Waals surface area contributed by atoms with Gasteiger partial charge in [0.15, 0.2) is 17.2 Å². The maximum atomic E-state index is 12.4. The number of benzene rings is 5. The number of ether oxygens (including phenoxy) is 12. The lowest BCUT2D eigenvalue weighted by atomic mass is 9.55. The Morgan fingerprint density at radius 1 is 0.455 bits per heavy atom. The number of aryl methyl sites for hydroxylation is 2. The van der Waals surface area contributed by atoms with Crippen molar-refractivity contribution in [2.24, 2.45) is 57.4 Å². The van der Waals surface area contributed by atoms with Crippen molar-refractivity contribution in [2.75, 3.05) is 149 Å². The van der Waals surface area contributed by atoms with Crippen molar-refractivity contribution in [1.82, 2.24) is 10.6 Å². The summed E-state index contributed by atoms with van der Waals surface area (Å²) in [6, 6.07) is 20.2. The Hall–Kier alpha value is -11.5. The molecule has 5 aromatic carbocycles. The molecule has 20 N–H and O–H groups in total. The van der Waals surface area contributed by atoms with E-state index < -0.39 is 76.0 Å². The molecule has 0 heterocycles. The van der Waals surface area contributed by atoms with E-state index in [2.05, 4.69) is 52.6 Å². The summed E-state index contributed by atoms with van der Waals surface area (Å²) >= 11 is 0. The number of amides is 8. The molecule has 6 aliphatic rings. The largest absolute Gasteiger partial charge is 0.508 e. The molecule has 0 spiro atoms. The molecule has 4 saturated carbocycles. The molecule has 11 rings (SSSR count). The third-order valence-corrected chi connectivity index (χ3v) is 23.7. The van der Waals surface area contributed by atoms with Gasteiger partial charge >= 0.3 is 18.2 Å². The summed E-state index contributed by atoms with van der Waals surface area (Å²) in [5.74, 6) is -1.69. The van der Waals surface area contributed by atoms with Crippen LogP contribution in [0.4, 0.5) is 21.9 Å². The van der Waals surface area contributed by atoms with Crippen LogP contribution in [0.2, 0.25) is 0 Å². The van der Waals surface area contributed by atoms with Gasteiger partial charge in [0.05, 0.1) is 135 Å². The number of aromatic hydroxyl groups is 5. The van der Waals surface area contributed by atoms with E-state index in [0.29, 0.717) is 99.6 Å². The number of aliphatic hydroxyl groups is 1. The first kappa shape index (κ1) is 113. The number of aliphatic carboxylic acids is 1. The molecule has 134 heavy (non-hydrogen) atoms. The first-order valence-corrected chi connectivity index (χ1v) is 44.3. The smallest absolute Gasteiger partial charge is 0.407 e. The Morgan fingerprint density at radius 2 is 0.799 bits per heavy atom. The third-order valence-electron chi connectivity index (χ3n) is 23.7. The van der Waals surface area contributed by atoms with E-state index in [1.54, 1.807) is 41.5 Å². The van der Waals surface area contributed by atoms with Gasteiger partial charge in [0, 0.05) is 26.1 Å². The second-order valence-electron chi connectivity index (χ2n) is 35.1. The highest BCUT2D eigenvalue weighted by Gasteiger charge is 2.57. The van der Waals surface area contributed by atoms with E-state index in [4.69, 9.17) is 99.6 Å². The Kier molecular flexibility index (Phi) is 46.7. The minimum atomic E-state index is -0.894. The van der Waals surface area contributed by atoms with Crippen LogP contribution in [0.25, 0.3) is 0 Å². The zero-order valence-corrected chi connectivity index (χ0v) is 77.8. The zero-order valence-electron chi connectivity index (χ0n) is 77.8. The first-order chi connectivity index (χ1) is 63.1. The molecule has 744 valence electrons. The van der Waals surface area contributed by atoms with Gasteiger partial charge in [-0.25, -0.2) is 4.79 Å². The lowest BCUT2D eigenvalue weighted by molar-refractivity contribution is -0.192. The van der Waals surface area contributed by atoms with Crippen molar-refractivity contribution in [2.45, 2.75) is 188 Å². The van der Waals surface area contributed by atoms with Crippen molar-refractivity contribution in [3.05, 3.63) is 112 Å². The fraction of sp³-hybridized carbons (Fsp3) is 0.579. The summed E-state index contributed by atoms with van der Waals surface area (Å²) in [5, 5.41) is 80.2. The molecule has 0 aromatic heterocycles. The van der Waals surface area contributed by atoms with E-state index in [1.807, 2.05) is 24.3 Å². The number of alkyl carbamates (subject to hydrolysis) is 1.